The van der Waals surface area contributed by atoms with Gasteiger partial charge in [0.15, 0.2) is 4.80 Å². The Kier molecular flexibility index (Phi) is 4.11. The van der Waals surface area contributed by atoms with Crippen molar-refractivity contribution in [3.05, 3.63) is 76.8 Å². The lowest BCUT2D eigenvalue weighted by Gasteiger charge is -2.03. The van der Waals surface area contributed by atoms with Crippen molar-refractivity contribution in [2.24, 2.45) is 4.99 Å². The molecular weight excluding hydrogens is 347 g/mol. The average Bonchev–Trinajstić information content (AvgIpc) is 3.00. The lowest BCUT2D eigenvalue weighted by atomic mass is 10.0. The Bertz CT molecular complexity index is 1260. The maximum Gasteiger partial charge on any atom is 0.280 e. The maximum atomic E-state index is 14.2. The predicted molar refractivity (Wildman–Crippen MR) is 102 cm³/mol. The molecule has 1 amide bonds. The quantitative estimate of drug-likeness (QED) is 0.489. The van der Waals surface area contributed by atoms with Gasteiger partial charge in [-0.25, -0.2) is 4.39 Å². The van der Waals surface area contributed by atoms with Crippen LogP contribution in [0.15, 0.2) is 65.7 Å². The highest BCUT2D eigenvalue weighted by molar-refractivity contribution is 7.16. The molecule has 0 spiro atoms. The number of rotatable bonds is 2. The molecule has 1 aromatic heterocycles. The molecule has 26 heavy (non-hydrogen) atoms. The van der Waals surface area contributed by atoms with Crippen molar-refractivity contribution >= 4 is 38.2 Å². The zero-order valence-corrected chi connectivity index (χ0v) is 14.5. The van der Waals surface area contributed by atoms with Crippen LogP contribution < -0.4 is 4.80 Å². The third-order valence-electron chi connectivity index (χ3n) is 4.12. The summed E-state index contributed by atoms with van der Waals surface area (Å²) in [7, 11) is 0. The Morgan fingerprint density at radius 2 is 1.88 bits per heavy atom. The number of thiazole rings is 1. The number of hydrogen-bond donors (Lipinski definition) is 0. The van der Waals surface area contributed by atoms with E-state index in [4.69, 9.17) is 6.42 Å². The summed E-state index contributed by atoms with van der Waals surface area (Å²) in [5.74, 6) is 1.75. The minimum absolute atomic E-state index is 0.141. The van der Waals surface area contributed by atoms with Crippen LogP contribution in [0, 0.1) is 18.2 Å². The van der Waals surface area contributed by atoms with Gasteiger partial charge in [0.1, 0.15) is 5.82 Å². The van der Waals surface area contributed by atoms with E-state index < -0.39 is 0 Å². The van der Waals surface area contributed by atoms with Gasteiger partial charge in [0.25, 0.3) is 5.91 Å². The van der Waals surface area contributed by atoms with Crippen LogP contribution in [0.25, 0.3) is 21.0 Å². The van der Waals surface area contributed by atoms with Crippen molar-refractivity contribution < 1.29 is 9.18 Å². The van der Waals surface area contributed by atoms with Crippen LogP contribution in [0.2, 0.25) is 0 Å². The second kappa shape index (κ2) is 6.58. The Morgan fingerprint density at radius 3 is 2.73 bits per heavy atom. The maximum absolute atomic E-state index is 14.2. The van der Waals surface area contributed by atoms with E-state index in [-0.39, 0.29) is 18.3 Å². The molecule has 3 nitrogen and oxygen atoms in total. The van der Waals surface area contributed by atoms with Crippen molar-refractivity contribution in [2.75, 3.05) is 0 Å². The number of hydrogen-bond acceptors (Lipinski definition) is 2. The second-order valence-electron chi connectivity index (χ2n) is 5.71. The lowest BCUT2D eigenvalue weighted by Crippen LogP contribution is -2.17. The molecule has 0 saturated heterocycles. The molecule has 0 aliphatic heterocycles. The normalized spacial score (nSPS) is 11.8. The third-order valence-corrected chi connectivity index (χ3v) is 5.16. The summed E-state index contributed by atoms with van der Waals surface area (Å²) in [6.07, 6.45) is 5.43. The monoisotopic (exact) mass is 360 g/mol. The molecule has 4 aromatic rings. The molecule has 0 saturated carbocycles. The fourth-order valence-electron chi connectivity index (χ4n) is 2.97. The molecule has 0 atom stereocenters. The number of aromatic nitrogens is 1. The van der Waals surface area contributed by atoms with Crippen LogP contribution in [-0.4, -0.2) is 10.5 Å². The summed E-state index contributed by atoms with van der Waals surface area (Å²) < 4.78 is 16.5. The SMILES string of the molecule is C#CCn1c(=NC(=O)c2cccc3ccccc23)sc2cccc(F)c21. The lowest BCUT2D eigenvalue weighted by molar-refractivity contribution is 0.0999. The standard InChI is InChI=1S/C21H13FN2OS/c1-2-13-24-19-17(22)11-6-12-18(19)26-21(24)23-20(25)16-10-5-8-14-7-3-4-9-15(14)16/h1,3-12H,13H2. The number of carbonyl (C=O) groups excluding carboxylic acids is 1. The van der Waals surface area contributed by atoms with E-state index in [1.165, 1.54) is 17.4 Å². The average molecular weight is 360 g/mol. The van der Waals surface area contributed by atoms with Crippen LogP contribution in [0.4, 0.5) is 4.39 Å². The number of carbonyl (C=O) groups is 1. The van der Waals surface area contributed by atoms with Crippen molar-refractivity contribution in [1.82, 2.24) is 4.57 Å². The minimum Gasteiger partial charge on any atom is -0.302 e. The number of terminal acetylenes is 1. The summed E-state index contributed by atoms with van der Waals surface area (Å²) in [5, 5.41) is 1.80. The van der Waals surface area contributed by atoms with E-state index in [1.54, 1.807) is 22.8 Å². The van der Waals surface area contributed by atoms with E-state index in [1.807, 2.05) is 36.4 Å². The Hall–Kier alpha value is -3.23. The van der Waals surface area contributed by atoms with Gasteiger partial charge < -0.3 is 4.57 Å². The van der Waals surface area contributed by atoms with Gasteiger partial charge >= 0.3 is 0 Å². The van der Waals surface area contributed by atoms with Gasteiger partial charge in [0, 0.05) is 5.56 Å². The third kappa shape index (κ3) is 2.71. The first kappa shape index (κ1) is 16.2. The molecule has 0 fully saturated rings. The Labute approximate surface area is 153 Å². The summed E-state index contributed by atoms with van der Waals surface area (Å²) in [6, 6.07) is 17.9. The van der Waals surface area contributed by atoms with Crippen molar-refractivity contribution in [1.29, 1.82) is 0 Å². The Morgan fingerprint density at radius 1 is 1.12 bits per heavy atom. The zero-order chi connectivity index (χ0) is 18.1. The molecule has 0 bridgehead atoms. The van der Waals surface area contributed by atoms with E-state index in [9.17, 15) is 9.18 Å². The van der Waals surface area contributed by atoms with Crippen molar-refractivity contribution in [2.45, 2.75) is 6.54 Å². The number of benzene rings is 3. The highest BCUT2D eigenvalue weighted by atomic mass is 32.1. The number of para-hydroxylation sites is 1. The molecule has 1 heterocycles. The van der Waals surface area contributed by atoms with Crippen molar-refractivity contribution in [3.8, 4) is 12.3 Å². The zero-order valence-electron chi connectivity index (χ0n) is 13.6. The van der Waals surface area contributed by atoms with E-state index in [0.29, 0.717) is 20.6 Å². The topological polar surface area (TPSA) is 34.4 Å². The summed E-state index contributed by atoms with van der Waals surface area (Å²) >= 11 is 1.25. The first-order chi connectivity index (χ1) is 12.7. The summed E-state index contributed by atoms with van der Waals surface area (Å²) in [5.41, 5.74) is 0.883. The first-order valence-corrected chi connectivity index (χ1v) is 8.79. The molecule has 0 aliphatic rings. The van der Waals surface area contributed by atoms with Gasteiger partial charge in [0.05, 0.1) is 16.8 Å². The molecule has 0 aliphatic carbocycles. The smallest absolute Gasteiger partial charge is 0.280 e. The molecule has 0 radical (unpaired) electrons. The fraction of sp³-hybridized carbons (Fsp3) is 0.0476. The molecular formula is C21H13FN2OS. The number of fused-ring (bicyclic) bond motifs is 2. The minimum atomic E-state index is -0.381. The van der Waals surface area contributed by atoms with Crippen molar-refractivity contribution in [3.63, 3.8) is 0 Å². The molecule has 3 aromatic carbocycles. The van der Waals surface area contributed by atoms with Crippen LogP contribution in [0.3, 0.4) is 0 Å². The fourth-order valence-corrected chi connectivity index (χ4v) is 4.01. The van der Waals surface area contributed by atoms with E-state index >= 15 is 0 Å². The molecule has 0 unspecified atom stereocenters. The van der Waals surface area contributed by atoms with Gasteiger partial charge in [-0.2, -0.15) is 4.99 Å². The Balaban J connectivity index is 1.93. The second-order valence-corrected chi connectivity index (χ2v) is 6.71. The van der Waals surface area contributed by atoms with Gasteiger partial charge in [-0.05, 0) is 29.0 Å². The van der Waals surface area contributed by atoms with Crippen LogP contribution in [0.1, 0.15) is 10.4 Å². The number of nitrogens with zero attached hydrogens (tertiary/aromatic N) is 2. The summed E-state index contributed by atoms with van der Waals surface area (Å²) in [4.78, 5) is 17.5. The first-order valence-electron chi connectivity index (χ1n) is 7.97. The van der Waals surface area contributed by atoms with Gasteiger partial charge in [0.2, 0.25) is 0 Å². The molecule has 5 heteroatoms. The highest BCUT2D eigenvalue weighted by Gasteiger charge is 2.13. The molecule has 0 N–H and O–H groups in total. The molecule has 126 valence electrons. The number of amides is 1. The van der Waals surface area contributed by atoms with Crippen LogP contribution in [-0.2, 0) is 6.54 Å². The van der Waals surface area contributed by atoms with Crippen LogP contribution >= 0.6 is 11.3 Å². The van der Waals surface area contributed by atoms with Crippen LogP contribution in [0.5, 0.6) is 0 Å². The van der Waals surface area contributed by atoms with Gasteiger partial charge in [-0.15, -0.1) is 6.42 Å². The number of halogens is 1. The molecule has 4 rings (SSSR count). The van der Waals surface area contributed by atoms with Gasteiger partial charge in [-0.3, -0.25) is 4.79 Å². The van der Waals surface area contributed by atoms with E-state index in [0.717, 1.165) is 10.8 Å². The largest absolute Gasteiger partial charge is 0.302 e. The van der Waals surface area contributed by atoms with E-state index in [2.05, 4.69) is 10.9 Å². The predicted octanol–water partition coefficient (Wildman–Crippen LogP) is 4.37. The summed E-state index contributed by atoms with van der Waals surface area (Å²) in [6.45, 7) is 0.141. The van der Waals surface area contributed by atoms with Gasteiger partial charge in [-0.1, -0.05) is 59.7 Å². The highest BCUT2D eigenvalue weighted by Crippen LogP contribution is 2.22.